The fraction of sp³-hybridized carbons (Fsp3) is 0.167. The number of rotatable bonds is 3. The number of aromatic nitrogens is 4. The van der Waals surface area contributed by atoms with Gasteiger partial charge in [-0.25, -0.2) is 9.97 Å². The van der Waals surface area contributed by atoms with E-state index in [9.17, 15) is 4.79 Å². The second kappa shape index (κ2) is 6.54. The highest BCUT2D eigenvalue weighted by Gasteiger charge is 2.16. The average molecular weight is 405 g/mol. The van der Waals surface area contributed by atoms with Gasteiger partial charge in [-0.2, -0.15) is 0 Å². The highest BCUT2D eigenvalue weighted by molar-refractivity contribution is 7.15. The fourth-order valence-electron chi connectivity index (χ4n) is 2.78. The molecule has 4 rings (SSSR count). The Kier molecular flexibility index (Phi) is 4.34. The highest BCUT2D eigenvalue weighted by atomic mass is 35.5. The Labute approximate surface area is 163 Å². The summed E-state index contributed by atoms with van der Waals surface area (Å²) in [5, 5.41) is 1.81. The third-order valence-electron chi connectivity index (χ3n) is 4.20. The first kappa shape index (κ1) is 17.3. The van der Waals surface area contributed by atoms with Gasteiger partial charge in [0.25, 0.3) is 5.56 Å². The van der Waals surface area contributed by atoms with Gasteiger partial charge >= 0.3 is 0 Å². The van der Waals surface area contributed by atoms with Crippen LogP contribution in [0.1, 0.15) is 16.0 Å². The molecule has 5 nitrogen and oxygen atoms in total. The van der Waals surface area contributed by atoms with Crippen LogP contribution in [0.2, 0.25) is 10.0 Å². The number of thiazole rings is 1. The molecule has 0 saturated heterocycles. The van der Waals surface area contributed by atoms with Crippen LogP contribution in [0.25, 0.3) is 16.5 Å². The molecule has 0 bridgehead atoms. The molecule has 3 heterocycles. The molecule has 4 aromatic rings. The minimum atomic E-state index is -0.0770. The normalized spacial score (nSPS) is 11.4. The highest BCUT2D eigenvalue weighted by Crippen LogP contribution is 2.29. The molecule has 8 heteroatoms. The van der Waals surface area contributed by atoms with Gasteiger partial charge in [0.2, 0.25) is 5.78 Å². The molecule has 26 heavy (non-hydrogen) atoms. The average Bonchev–Trinajstić information content (AvgIpc) is 3.21. The van der Waals surface area contributed by atoms with Gasteiger partial charge in [-0.3, -0.25) is 9.20 Å². The van der Waals surface area contributed by atoms with Crippen LogP contribution in [0.4, 0.5) is 0 Å². The molecular formula is C18H14Cl2N4OS. The first-order valence-electron chi connectivity index (χ1n) is 7.87. The number of hydrogen-bond acceptors (Lipinski definition) is 4. The van der Waals surface area contributed by atoms with Crippen LogP contribution < -0.4 is 5.56 Å². The van der Waals surface area contributed by atoms with Gasteiger partial charge in [-0.15, -0.1) is 11.3 Å². The molecular weight excluding hydrogens is 391 g/mol. The van der Waals surface area contributed by atoms with Crippen molar-refractivity contribution in [3.05, 3.63) is 73.2 Å². The maximum atomic E-state index is 12.6. The molecule has 0 aliphatic rings. The summed E-state index contributed by atoms with van der Waals surface area (Å²) in [5.74, 6) is 0.594. The molecule has 0 unspecified atom stereocenters. The lowest BCUT2D eigenvalue weighted by molar-refractivity contribution is 0.908. The third kappa shape index (κ3) is 2.94. The van der Waals surface area contributed by atoms with Gasteiger partial charge < -0.3 is 4.57 Å². The van der Waals surface area contributed by atoms with Crippen LogP contribution in [0.5, 0.6) is 0 Å². The van der Waals surface area contributed by atoms with Crippen LogP contribution in [-0.2, 0) is 13.5 Å². The Morgan fingerprint density at radius 3 is 2.77 bits per heavy atom. The summed E-state index contributed by atoms with van der Waals surface area (Å²) < 4.78 is 3.36. The second-order valence-electron chi connectivity index (χ2n) is 6.03. The van der Waals surface area contributed by atoms with E-state index in [-0.39, 0.29) is 5.56 Å². The number of halogens is 2. The molecule has 0 fully saturated rings. The zero-order chi connectivity index (χ0) is 18.4. The maximum Gasteiger partial charge on any atom is 0.262 e. The molecule has 0 atom stereocenters. The van der Waals surface area contributed by atoms with E-state index in [4.69, 9.17) is 23.2 Å². The van der Waals surface area contributed by atoms with E-state index in [1.54, 1.807) is 23.6 Å². The predicted octanol–water partition coefficient (Wildman–Crippen LogP) is 4.36. The van der Waals surface area contributed by atoms with E-state index in [1.165, 1.54) is 11.3 Å². The van der Waals surface area contributed by atoms with Crippen molar-refractivity contribution < 1.29 is 0 Å². The van der Waals surface area contributed by atoms with E-state index in [1.807, 2.05) is 36.1 Å². The van der Waals surface area contributed by atoms with Crippen molar-refractivity contribution >= 4 is 40.3 Å². The van der Waals surface area contributed by atoms with Gasteiger partial charge in [0.15, 0.2) is 0 Å². The number of nitrogens with zero attached hydrogens (tertiary/aromatic N) is 4. The standard InChI is InChI=1S/C18H14Cl2N4OS/c1-10-15(22-18-23(2)5-6-24(18)17(10)25)16-21-9-12(26-16)7-11-3-4-13(19)14(20)8-11/h3-6,8-9H,7H2,1-2H3. The van der Waals surface area contributed by atoms with Crippen molar-refractivity contribution in [2.45, 2.75) is 13.3 Å². The fourth-order valence-corrected chi connectivity index (χ4v) is 4.10. The minimum Gasteiger partial charge on any atom is -0.320 e. The monoisotopic (exact) mass is 404 g/mol. The topological polar surface area (TPSA) is 52.2 Å². The summed E-state index contributed by atoms with van der Waals surface area (Å²) in [6.45, 7) is 1.78. The Hall–Kier alpha value is -2.15. The molecule has 0 radical (unpaired) electrons. The van der Waals surface area contributed by atoms with E-state index >= 15 is 0 Å². The first-order chi connectivity index (χ1) is 12.4. The quantitative estimate of drug-likeness (QED) is 0.509. The molecule has 0 amide bonds. The Morgan fingerprint density at radius 2 is 2.00 bits per heavy atom. The van der Waals surface area contributed by atoms with Gasteiger partial charge in [0, 0.05) is 42.5 Å². The minimum absolute atomic E-state index is 0.0770. The lowest BCUT2D eigenvalue weighted by Gasteiger charge is -2.04. The van der Waals surface area contributed by atoms with Crippen LogP contribution in [0, 0.1) is 6.92 Å². The van der Waals surface area contributed by atoms with E-state index in [0.717, 1.165) is 15.4 Å². The summed E-state index contributed by atoms with van der Waals surface area (Å²) in [6, 6.07) is 5.59. The summed E-state index contributed by atoms with van der Waals surface area (Å²) in [7, 11) is 1.86. The summed E-state index contributed by atoms with van der Waals surface area (Å²) in [4.78, 5) is 22.8. The van der Waals surface area contributed by atoms with E-state index in [2.05, 4.69) is 9.97 Å². The van der Waals surface area contributed by atoms with Gasteiger partial charge in [-0.05, 0) is 24.6 Å². The molecule has 0 spiro atoms. The third-order valence-corrected chi connectivity index (χ3v) is 5.94. The van der Waals surface area contributed by atoms with Crippen molar-refractivity contribution in [1.82, 2.24) is 18.9 Å². The SMILES string of the molecule is Cc1c(-c2ncc(Cc3ccc(Cl)c(Cl)c3)s2)nc2n(C)ccn2c1=O. The molecule has 0 saturated carbocycles. The number of imidazole rings is 1. The Bertz CT molecular complexity index is 1190. The van der Waals surface area contributed by atoms with Crippen molar-refractivity contribution in [3.63, 3.8) is 0 Å². The zero-order valence-electron chi connectivity index (χ0n) is 14.0. The van der Waals surface area contributed by atoms with Crippen molar-refractivity contribution in [1.29, 1.82) is 0 Å². The van der Waals surface area contributed by atoms with Gasteiger partial charge in [0.1, 0.15) is 10.7 Å². The van der Waals surface area contributed by atoms with Crippen molar-refractivity contribution in [2.75, 3.05) is 0 Å². The lowest BCUT2D eigenvalue weighted by Crippen LogP contribution is -2.18. The van der Waals surface area contributed by atoms with Gasteiger partial charge in [-0.1, -0.05) is 29.3 Å². The maximum absolute atomic E-state index is 12.6. The molecule has 132 valence electrons. The first-order valence-corrected chi connectivity index (χ1v) is 9.44. The summed E-state index contributed by atoms with van der Waals surface area (Å²) in [5.41, 5.74) is 2.19. The number of benzene rings is 1. The largest absolute Gasteiger partial charge is 0.320 e. The van der Waals surface area contributed by atoms with Crippen molar-refractivity contribution in [2.24, 2.45) is 7.05 Å². The lowest BCUT2D eigenvalue weighted by atomic mass is 10.1. The van der Waals surface area contributed by atoms with Gasteiger partial charge in [0.05, 0.1) is 10.0 Å². The van der Waals surface area contributed by atoms with Crippen LogP contribution in [-0.4, -0.2) is 18.9 Å². The number of aryl methyl sites for hydroxylation is 1. The second-order valence-corrected chi connectivity index (χ2v) is 7.96. The zero-order valence-corrected chi connectivity index (χ0v) is 16.4. The molecule has 0 aliphatic heterocycles. The molecule has 1 aromatic carbocycles. The Balaban J connectivity index is 1.73. The summed E-state index contributed by atoms with van der Waals surface area (Å²) in [6.07, 6.45) is 6.04. The van der Waals surface area contributed by atoms with E-state index in [0.29, 0.717) is 33.5 Å². The molecule has 0 aliphatic carbocycles. The van der Waals surface area contributed by atoms with Crippen LogP contribution in [0.15, 0.2) is 41.6 Å². The summed E-state index contributed by atoms with van der Waals surface area (Å²) >= 11 is 13.6. The van der Waals surface area contributed by atoms with Crippen molar-refractivity contribution in [3.8, 4) is 10.7 Å². The molecule has 3 aromatic heterocycles. The van der Waals surface area contributed by atoms with E-state index < -0.39 is 0 Å². The number of hydrogen-bond donors (Lipinski definition) is 0. The smallest absolute Gasteiger partial charge is 0.262 e. The Morgan fingerprint density at radius 1 is 1.19 bits per heavy atom. The number of fused-ring (bicyclic) bond motifs is 1. The molecule has 0 N–H and O–H groups in total. The predicted molar refractivity (Wildman–Crippen MR) is 106 cm³/mol. The van der Waals surface area contributed by atoms with Crippen LogP contribution >= 0.6 is 34.5 Å². The van der Waals surface area contributed by atoms with Crippen LogP contribution in [0.3, 0.4) is 0 Å².